The molecule has 0 aliphatic carbocycles. The lowest BCUT2D eigenvalue weighted by Crippen LogP contribution is -2.34. The van der Waals surface area contributed by atoms with E-state index in [0.29, 0.717) is 18.6 Å². The number of nitrogens with one attached hydrogen (secondary N) is 1. The molecule has 3 nitrogen and oxygen atoms in total. The fourth-order valence-electron chi connectivity index (χ4n) is 1.72. The molecule has 1 aromatic rings. The fourth-order valence-corrected chi connectivity index (χ4v) is 1.99. The molecule has 0 aromatic heterocycles. The SMILES string of the molecule is CC(=O)N(C)[C@H](C)CC(=N)Cc1ccc(Br)cc1. The van der Waals surface area contributed by atoms with Crippen molar-refractivity contribution in [3.8, 4) is 0 Å². The number of benzene rings is 1. The first kappa shape index (κ1) is 14.9. The number of carbonyl (C=O) groups excluding carboxylic acids is 1. The number of amides is 1. The predicted molar refractivity (Wildman–Crippen MR) is 78.1 cm³/mol. The molecule has 0 heterocycles. The third-order valence-corrected chi connectivity index (χ3v) is 3.56. The summed E-state index contributed by atoms with van der Waals surface area (Å²) in [5.74, 6) is 0.0407. The summed E-state index contributed by atoms with van der Waals surface area (Å²) in [5.41, 5.74) is 1.78. The van der Waals surface area contributed by atoms with Crippen LogP contribution in [0.2, 0.25) is 0 Å². The number of halogens is 1. The number of hydrogen-bond acceptors (Lipinski definition) is 2. The number of carbonyl (C=O) groups is 1. The molecule has 0 aliphatic heterocycles. The van der Waals surface area contributed by atoms with Gasteiger partial charge in [0.15, 0.2) is 0 Å². The van der Waals surface area contributed by atoms with Crippen LogP contribution in [0.3, 0.4) is 0 Å². The van der Waals surface area contributed by atoms with E-state index in [4.69, 9.17) is 5.41 Å². The highest BCUT2D eigenvalue weighted by Crippen LogP contribution is 2.12. The Morgan fingerprint density at radius 2 is 1.94 bits per heavy atom. The lowest BCUT2D eigenvalue weighted by molar-refractivity contribution is -0.129. The Balaban J connectivity index is 2.51. The van der Waals surface area contributed by atoms with Crippen LogP contribution in [0.15, 0.2) is 28.7 Å². The van der Waals surface area contributed by atoms with Gasteiger partial charge in [0.2, 0.25) is 5.91 Å². The van der Waals surface area contributed by atoms with Crippen molar-refractivity contribution in [1.29, 1.82) is 5.41 Å². The Kier molecular flexibility index (Phi) is 5.54. The van der Waals surface area contributed by atoms with Crippen molar-refractivity contribution in [1.82, 2.24) is 4.90 Å². The maximum absolute atomic E-state index is 11.2. The Labute approximate surface area is 117 Å². The van der Waals surface area contributed by atoms with E-state index in [1.807, 2.05) is 31.2 Å². The average Bonchev–Trinajstić information content (AvgIpc) is 2.30. The van der Waals surface area contributed by atoms with Gasteiger partial charge in [-0.15, -0.1) is 0 Å². The van der Waals surface area contributed by atoms with Crippen LogP contribution in [0.1, 0.15) is 25.8 Å². The van der Waals surface area contributed by atoms with Crippen molar-refractivity contribution >= 4 is 27.5 Å². The van der Waals surface area contributed by atoms with Crippen LogP contribution in [0, 0.1) is 5.41 Å². The van der Waals surface area contributed by atoms with Crippen LogP contribution >= 0.6 is 15.9 Å². The zero-order chi connectivity index (χ0) is 13.7. The summed E-state index contributed by atoms with van der Waals surface area (Å²) >= 11 is 3.39. The molecule has 1 aromatic carbocycles. The fraction of sp³-hybridized carbons (Fsp3) is 0.429. The summed E-state index contributed by atoms with van der Waals surface area (Å²) in [4.78, 5) is 12.9. The zero-order valence-electron chi connectivity index (χ0n) is 11.0. The minimum Gasteiger partial charge on any atom is -0.343 e. The van der Waals surface area contributed by atoms with E-state index in [1.54, 1.807) is 18.9 Å². The molecule has 18 heavy (non-hydrogen) atoms. The van der Waals surface area contributed by atoms with Gasteiger partial charge in [0.25, 0.3) is 0 Å². The Morgan fingerprint density at radius 3 is 2.44 bits per heavy atom. The zero-order valence-corrected chi connectivity index (χ0v) is 12.6. The molecule has 0 bridgehead atoms. The molecule has 1 rings (SSSR count). The molecule has 0 radical (unpaired) electrons. The molecule has 0 saturated carbocycles. The Morgan fingerprint density at radius 1 is 1.39 bits per heavy atom. The van der Waals surface area contributed by atoms with Crippen LogP contribution in [-0.2, 0) is 11.2 Å². The highest BCUT2D eigenvalue weighted by atomic mass is 79.9. The molecule has 4 heteroatoms. The van der Waals surface area contributed by atoms with Gasteiger partial charge < -0.3 is 10.3 Å². The van der Waals surface area contributed by atoms with Crippen molar-refractivity contribution in [2.75, 3.05) is 7.05 Å². The third kappa shape index (κ3) is 4.61. The molecule has 1 N–H and O–H groups in total. The second-order valence-electron chi connectivity index (χ2n) is 4.59. The smallest absolute Gasteiger partial charge is 0.219 e. The van der Waals surface area contributed by atoms with Gasteiger partial charge in [-0.1, -0.05) is 28.1 Å². The predicted octanol–water partition coefficient (Wildman–Crippen LogP) is 3.27. The maximum Gasteiger partial charge on any atom is 0.219 e. The molecular weight excluding hydrogens is 292 g/mol. The van der Waals surface area contributed by atoms with Gasteiger partial charge in [-0.2, -0.15) is 0 Å². The molecule has 1 amide bonds. The number of hydrogen-bond donors (Lipinski definition) is 1. The lowest BCUT2D eigenvalue weighted by atomic mass is 10.0. The van der Waals surface area contributed by atoms with Crippen LogP contribution in [0.25, 0.3) is 0 Å². The van der Waals surface area contributed by atoms with E-state index in [0.717, 1.165) is 10.0 Å². The largest absolute Gasteiger partial charge is 0.343 e. The molecule has 0 saturated heterocycles. The standard InChI is InChI=1S/C14H19BrN2O/c1-10(17(3)11(2)18)8-14(16)9-12-4-6-13(15)7-5-12/h4-7,10,16H,8-9H2,1-3H3/t10-/m1/s1. The third-order valence-electron chi connectivity index (χ3n) is 3.03. The van der Waals surface area contributed by atoms with Gasteiger partial charge in [0.05, 0.1) is 0 Å². The quantitative estimate of drug-likeness (QED) is 0.833. The maximum atomic E-state index is 11.2. The van der Waals surface area contributed by atoms with E-state index < -0.39 is 0 Å². The Hall–Kier alpha value is -1.16. The van der Waals surface area contributed by atoms with E-state index in [9.17, 15) is 4.79 Å². The topological polar surface area (TPSA) is 44.2 Å². The Bertz CT molecular complexity index is 428. The van der Waals surface area contributed by atoms with Crippen molar-refractivity contribution in [2.45, 2.75) is 32.7 Å². The van der Waals surface area contributed by atoms with Gasteiger partial charge in [-0.25, -0.2) is 0 Å². The monoisotopic (exact) mass is 310 g/mol. The first-order valence-corrected chi connectivity index (χ1v) is 6.73. The van der Waals surface area contributed by atoms with E-state index in [1.165, 1.54) is 0 Å². The number of rotatable bonds is 5. The second-order valence-corrected chi connectivity index (χ2v) is 5.51. The summed E-state index contributed by atoms with van der Waals surface area (Å²) in [7, 11) is 1.78. The van der Waals surface area contributed by atoms with Gasteiger partial charge in [0, 0.05) is 43.0 Å². The van der Waals surface area contributed by atoms with Gasteiger partial charge >= 0.3 is 0 Å². The van der Waals surface area contributed by atoms with E-state index >= 15 is 0 Å². The number of nitrogens with zero attached hydrogens (tertiary/aromatic N) is 1. The molecule has 1 atom stereocenters. The average molecular weight is 311 g/mol. The van der Waals surface area contributed by atoms with Crippen LogP contribution in [0.4, 0.5) is 0 Å². The van der Waals surface area contributed by atoms with Crippen LogP contribution < -0.4 is 0 Å². The van der Waals surface area contributed by atoms with Gasteiger partial charge in [-0.3, -0.25) is 4.79 Å². The van der Waals surface area contributed by atoms with Crippen molar-refractivity contribution in [3.05, 3.63) is 34.3 Å². The van der Waals surface area contributed by atoms with E-state index in [-0.39, 0.29) is 11.9 Å². The van der Waals surface area contributed by atoms with E-state index in [2.05, 4.69) is 15.9 Å². The molecule has 98 valence electrons. The minimum atomic E-state index is 0.0407. The molecule has 0 fully saturated rings. The van der Waals surface area contributed by atoms with Crippen LogP contribution in [-0.4, -0.2) is 29.6 Å². The molecule has 0 unspecified atom stereocenters. The molecule has 0 spiro atoms. The highest BCUT2D eigenvalue weighted by Gasteiger charge is 2.13. The summed E-state index contributed by atoms with van der Waals surface area (Å²) < 4.78 is 1.04. The highest BCUT2D eigenvalue weighted by molar-refractivity contribution is 9.10. The second kappa shape index (κ2) is 6.69. The molecule has 0 aliphatic rings. The lowest BCUT2D eigenvalue weighted by Gasteiger charge is -2.23. The minimum absolute atomic E-state index is 0.0407. The van der Waals surface area contributed by atoms with Crippen molar-refractivity contribution < 1.29 is 4.79 Å². The first-order valence-electron chi connectivity index (χ1n) is 5.94. The van der Waals surface area contributed by atoms with Gasteiger partial charge in [-0.05, 0) is 24.6 Å². The van der Waals surface area contributed by atoms with Crippen molar-refractivity contribution in [3.63, 3.8) is 0 Å². The first-order chi connectivity index (χ1) is 8.40. The summed E-state index contributed by atoms with van der Waals surface area (Å²) in [5, 5.41) is 7.99. The van der Waals surface area contributed by atoms with Gasteiger partial charge in [0.1, 0.15) is 0 Å². The molecular formula is C14H19BrN2O. The summed E-state index contributed by atoms with van der Waals surface area (Å²) in [6.45, 7) is 3.52. The normalized spacial score (nSPS) is 12.0. The summed E-state index contributed by atoms with van der Waals surface area (Å²) in [6.07, 6.45) is 1.26. The van der Waals surface area contributed by atoms with Crippen molar-refractivity contribution in [2.24, 2.45) is 0 Å². The van der Waals surface area contributed by atoms with Crippen LogP contribution in [0.5, 0.6) is 0 Å². The summed E-state index contributed by atoms with van der Waals surface area (Å²) in [6, 6.07) is 8.06.